The van der Waals surface area contributed by atoms with Crippen LogP contribution < -0.4 is 16.4 Å². The quantitative estimate of drug-likeness (QED) is 0.742. The maximum Gasteiger partial charge on any atom is 0.323 e. The molecule has 106 valence electrons. The molecule has 0 aromatic heterocycles. The van der Waals surface area contributed by atoms with Gasteiger partial charge in [-0.1, -0.05) is 30.0 Å². The maximum absolute atomic E-state index is 13.8. The third kappa shape index (κ3) is 4.34. The van der Waals surface area contributed by atoms with Gasteiger partial charge >= 0.3 is 6.03 Å². The van der Waals surface area contributed by atoms with Crippen LogP contribution in [0.4, 0.5) is 20.6 Å². The van der Waals surface area contributed by atoms with E-state index in [1.165, 1.54) is 12.1 Å². The minimum atomic E-state index is -0.554. The molecule has 2 aromatic carbocycles. The Morgan fingerprint density at radius 3 is 2.57 bits per heavy atom. The van der Waals surface area contributed by atoms with Crippen molar-refractivity contribution in [2.45, 2.75) is 0 Å². The number of para-hydroxylation sites is 1. The summed E-state index contributed by atoms with van der Waals surface area (Å²) in [6, 6.07) is 12.7. The van der Waals surface area contributed by atoms with Gasteiger partial charge in [-0.25, -0.2) is 9.18 Å². The minimum absolute atomic E-state index is 0.0849. The molecule has 0 radical (unpaired) electrons. The zero-order valence-electron chi connectivity index (χ0n) is 11.2. The van der Waals surface area contributed by atoms with Crippen molar-refractivity contribution in [3.8, 4) is 11.8 Å². The molecule has 0 saturated heterocycles. The van der Waals surface area contributed by atoms with Crippen molar-refractivity contribution in [3.63, 3.8) is 0 Å². The first-order valence-corrected chi connectivity index (χ1v) is 6.30. The molecule has 0 aliphatic carbocycles. The molecule has 0 bridgehead atoms. The fourth-order valence-corrected chi connectivity index (χ4v) is 1.65. The van der Waals surface area contributed by atoms with E-state index in [9.17, 15) is 9.18 Å². The Kier molecular flexibility index (Phi) is 4.91. The van der Waals surface area contributed by atoms with Gasteiger partial charge in [0.25, 0.3) is 0 Å². The van der Waals surface area contributed by atoms with E-state index in [2.05, 4.69) is 22.5 Å². The van der Waals surface area contributed by atoms with E-state index in [1.807, 2.05) is 6.07 Å². The van der Waals surface area contributed by atoms with E-state index in [0.29, 0.717) is 11.3 Å². The van der Waals surface area contributed by atoms with Gasteiger partial charge in [0.05, 0.1) is 12.2 Å². The molecule has 5 heteroatoms. The maximum atomic E-state index is 13.8. The summed E-state index contributed by atoms with van der Waals surface area (Å²) in [5, 5.41) is 5.05. The molecule has 4 N–H and O–H groups in total. The van der Waals surface area contributed by atoms with Crippen LogP contribution in [0.25, 0.3) is 0 Å². The lowest BCUT2D eigenvalue weighted by atomic mass is 10.2. The normalized spacial score (nSPS) is 9.43. The Labute approximate surface area is 122 Å². The molecule has 0 unspecified atom stereocenters. The van der Waals surface area contributed by atoms with Crippen molar-refractivity contribution in [1.82, 2.24) is 0 Å². The average molecular weight is 283 g/mol. The van der Waals surface area contributed by atoms with Gasteiger partial charge in [0.2, 0.25) is 0 Å². The first kappa shape index (κ1) is 14.6. The highest BCUT2D eigenvalue weighted by molar-refractivity contribution is 5.99. The number of carbonyl (C=O) groups is 1. The van der Waals surface area contributed by atoms with Crippen molar-refractivity contribution < 1.29 is 9.18 Å². The monoisotopic (exact) mass is 283 g/mol. The summed E-state index contributed by atoms with van der Waals surface area (Å²) >= 11 is 0. The van der Waals surface area contributed by atoms with E-state index in [-0.39, 0.29) is 12.2 Å². The highest BCUT2D eigenvalue weighted by Crippen LogP contribution is 2.16. The van der Waals surface area contributed by atoms with Crippen molar-refractivity contribution in [2.24, 2.45) is 5.73 Å². The number of halogens is 1. The molecular weight excluding hydrogens is 269 g/mol. The number of amides is 2. The number of nitrogens with two attached hydrogens (primary N) is 1. The highest BCUT2D eigenvalue weighted by Gasteiger charge is 2.07. The van der Waals surface area contributed by atoms with Crippen molar-refractivity contribution in [2.75, 3.05) is 17.2 Å². The number of carbonyl (C=O) groups excluding carboxylic acids is 1. The Bertz CT molecular complexity index is 690. The van der Waals surface area contributed by atoms with Crippen LogP contribution in [-0.4, -0.2) is 12.6 Å². The van der Waals surface area contributed by atoms with Gasteiger partial charge in [-0.2, -0.15) is 0 Å². The highest BCUT2D eigenvalue weighted by atomic mass is 19.1. The van der Waals surface area contributed by atoms with Crippen LogP contribution in [0, 0.1) is 17.7 Å². The molecule has 2 amide bonds. The molecule has 0 saturated carbocycles. The van der Waals surface area contributed by atoms with Crippen LogP contribution in [0.5, 0.6) is 0 Å². The summed E-state index contributed by atoms with van der Waals surface area (Å²) in [7, 11) is 0. The van der Waals surface area contributed by atoms with Gasteiger partial charge in [-0.3, -0.25) is 0 Å². The molecule has 0 aliphatic heterocycles. The molecule has 2 rings (SSSR count). The molecule has 0 atom stereocenters. The van der Waals surface area contributed by atoms with E-state index < -0.39 is 11.8 Å². The lowest BCUT2D eigenvalue weighted by molar-refractivity contribution is 0.262. The smallest absolute Gasteiger partial charge is 0.320 e. The molecule has 0 fully saturated rings. The summed E-state index contributed by atoms with van der Waals surface area (Å²) in [5.41, 5.74) is 6.47. The standard InChI is InChI=1S/C16H14FN3O/c17-14-11-12(5-4-10-18)8-9-15(14)20-16(21)19-13-6-2-1-3-7-13/h1-3,6-9,11H,10,18H2,(H2,19,20,21). The second-order valence-electron chi connectivity index (χ2n) is 4.15. The molecule has 0 heterocycles. The number of benzene rings is 2. The third-order valence-corrected chi connectivity index (χ3v) is 2.58. The second kappa shape index (κ2) is 7.08. The minimum Gasteiger partial charge on any atom is -0.320 e. The molecule has 2 aromatic rings. The summed E-state index contributed by atoms with van der Waals surface area (Å²) in [5.74, 6) is 4.80. The Morgan fingerprint density at radius 2 is 1.90 bits per heavy atom. The molecule has 0 aliphatic rings. The van der Waals surface area contributed by atoms with Gasteiger partial charge in [0, 0.05) is 11.3 Å². The van der Waals surface area contributed by atoms with E-state index >= 15 is 0 Å². The number of rotatable bonds is 2. The Balaban J connectivity index is 2.04. The van der Waals surface area contributed by atoms with Gasteiger partial charge in [-0.15, -0.1) is 0 Å². The zero-order valence-corrected chi connectivity index (χ0v) is 11.2. The van der Waals surface area contributed by atoms with Crippen molar-refractivity contribution in [1.29, 1.82) is 0 Å². The van der Waals surface area contributed by atoms with Crippen LogP contribution in [0.3, 0.4) is 0 Å². The lowest BCUT2D eigenvalue weighted by Gasteiger charge is -2.08. The second-order valence-corrected chi connectivity index (χ2v) is 4.15. The first-order valence-electron chi connectivity index (χ1n) is 6.30. The van der Waals surface area contributed by atoms with Gasteiger partial charge in [0.1, 0.15) is 5.82 Å². The predicted octanol–water partition coefficient (Wildman–Crippen LogP) is 2.78. The molecule has 21 heavy (non-hydrogen) atoms. The fourth-order valence-electron chi connectivity index (χ4n) is 1.65. The van der Waals surface area contributed by atoms with Crippen LogP contribution in [0.1, 0.15) is 5.56 Å². The number of hydrogen-bond acceptors (Lipinski definition) is 2. The lowest BCUT2D eigenvalue weighted by Crippen LogP contribution is -2.20. The Hall–Kier alpha value is -2.84. The van der Waals surface area contributed by atoms with Crippen LogP contribution in [0.2, 0.25) is 0 Å². The topological polar surface area (TPSA) is 67.1 Å². The predicted molar refractivity (Wildman–Crippen MR) is 81.4 cm³/mol. The summed E-state index contributed by atoms with van der Waals surface area (Å²) in [6.45, 7) is 0.209. The summed E-state index contributed by atoms with van der Waals surface area (Å²) in [4.78, 5) is 11.8. The average Bonchev–Trinajstić information content (AvgIpc) is 2.48. The largest absolute Gasteiger partial charge is 0.323 e. The summed E-state index contributed by atoms with van der Waals surface area (Å²) in [6.07, 6.45) is 0. The van der Waals surface area contributed by atoms with Gasteiger partial charge in [-0.05, 0) is 30.3 Å². The van der Waals surface area contributed by atoms with E-state index in [0.717, 1.165) is 0 Å². The summed E-state index contributed by atoms with van der Waals surface area (Å²) < 4.78 is 13.8. The molecular formula is C16H14FN3O. The van der Waals surface area contributed by atoms with Gasteiger partial charge < -0.3 is 16.4 Å². The SMILES string of the molecule is NCC#Cc1ccc(NC(=O)Nc2ccccc2)c(F)c1. The van der Waals surface area contributed by atoms with E-state index in [4.69, 9.17) is 5.73 Å². The van der Waals surface area contributed by atoms with E-state index in [1.54, 1.807) is 30.3 Å². The zero-order chi connectivity index (χ0) is 15.1. The molecule has 4 nitrogen and oxygen atoms in total. The molecule has 0 spiro atoms. The van der Waals surface area contributed by atoms with Gasteiger partial charge in [0.15, 0.2) is 0 Å². The number of urea groups is 1. The van der Waals surface area contributed by atoms with Crippen LogP contribution >= 0.6 is 0 Å². The van der Waals surface area contributed by atoms with Crippen molar-refractivity contribution >= 4 is 17.4 Å². The number of hydrogen-bond donors (Lipinski definition) is 3. The van der Waals surface area contributed by atoms with Crippen LogP contribution in [-0.2, 0) is 0 Å². The Morgan fingerprint density at radius 1 is 1.14 bits per heavy atom. The van der Waals surface area contributed by atoms with Crippen LogP contribution in [0.15, 0.2) is 48.5 Å². The first-order chi connectivity index (χ1) is 10.2. The third-order valence-electron chi connectivity index (χ3n) is 2.58. The number of anilines is 2. The van der Waals surface area contributed by atoms with Crippen molar-refractivity contribution in [3.05, 3.63) is 59.9 Å². The fraction of sp³-hybridized carbons (Fsp3) is 0.0625. The number of nitrogens with one attached hydrogen (secondary N) is 2.